The fourth-order valence-corrected chi connectivity index (χ4v) is 0.977. The van der Waals surface area contributed by atoms with Crippen LogP contribution in [-0.2, 0) is 0 Å². The lowest BCUT2D eigenvalue weighted by atomic mass is 10.2. The summed E-state index contributed by atoms with van der Waals surface area (Å²) in [7, 11) is 0. The number of ether oxygens (including phenoxy) is 1. The first-order valence-electron chi connectivity index (χ1n) is 4.67. The van der Waals surface area contributed by atoms with E-state index in [0.29, 0.717) is 18.1 Å². The molecule has 0 spiro atoms. The van der Waals surface area contributed by atoms with Gasteiger partial charge in [0.2, 0.25) is 5.88 Å². The van der Waals surface area contributed by atoms with Crippen molar-refractivity contribution in [2.45, 2.75) is 19.8 Å². The third-order valence-corrected chi connectivity index (χ3v) is 1.79. The molecule has 4 heteroatoms. The maximum Gasteiger partial charge on any atom is 0.213 e. The molecule has 0 saturated carbocycles. The Morgan fingerprint density at radius 2 is 2.43 bits per heavy atom. The van der Waals surface area contributed by atoms with Crippen LogP contribution in [-0.4, -0.2) is 17.4 Å². The molecule has 0 amide bonds. The zero-order valence-corrected chi connectivity index (χ0v) is 8.29. The third kappa shape index (κ3) is 3.05. The van der Waals surface area contributed by atoms with E-state index >= 15 is 0 Å². The fourth-order valence-electron chi connectivity index (χ4n) is 0.977. The van der Waals surface area contributed by atoms with Crippen LogP contribution >= 0.6 is 0 Å². The highest BCUT2D eigenvalue weighted by Crippen LogP contribution is 2.09. The van der Waals surface area contributed by atoms with Gasteiger partial charge in [0.25, 0.3) is 0 Å². The number of amidine groups is 1. The van der Waals surface area contributed by atoms with Crippen molar-refractivity contribution in [3.63, 3.8) is 0 Å². The number of nitrogens with one attached hydrogen (secondary N) is 1. The van der Waals surface area contributed by atoms with Crippen molar-refractivity contribution in [2.24, 2.45) is 5.73 Å². The molecule has 0 bridgehead atoms. The average molecular weight is 193 g/mol. The van der Waals surface area contributed by atoms with Gasteiger partial charge in [0, 0.05) is 17.8 Å². The molecule has 3 N–H and O–H groups in total. The van der Waals surface area contributed by atoms with E-state index in [1.54, 1.807) is 18.3 Å². The quantitative estimate of drug-likeness (QED) is 0.423. The van der Waals surface area contributed by atoms with Crippen molar-refractivity contribution in [1.29, 1.82) is 5.41 Å². The Morgan fingerprint density at radius 3 is 3.07 bits per heavy atom. The molecule has 0 saturated heterocycles. The molecule has 1 aromatic heterocycles. The van der Waals surface area contributed by atoms with Gasteiger partial charge in [0.1, 0.15) is 5.84 Å². The second-order valence-electron chi connectivity index (χ2n) is 3.00. The number of hydrogen-bond acceptors (Lipinski definition) is 3. The number of aromatic nitrogens is 1. The van der Waals surface area contributed by atoms with Gasteiger partial charge in [-0.15, -0.1) is 0 Å². The summed E-state index contributed by atoms with van der Waals surface area (Å²) in [5.41, 5.74) is 5.98. The molecular weight excluding hydrogens is 178 g/mol. The lowest BCUT2D eigenvalue weighted by Crippen LogP contribution is -2.11. The minimum absolute atomic E-state index is 0.0349. The molecular formula is C10H15N3O. The zero-order chi connectivity index (χ0) is 10.4. The lowest BCUT2D eigenvalue weighted by Gasteiger charge is -2.05. The zero-order valence-electron chi connectivity index (χ0n) is 8.29. The number of pyridine rings is 1. The first-order valence-corrected chi connectivity index (χ1v) is 4.67. The van der Waals surface area contributed by atoms with E-state index in [-0.39, 0.29) is 5.84 Å². The lowest BCUT2D eigenvalue weighted by molar-refractivity contribution is 0.298. The molecule has 1 rings (SSSR count). The number of unbranched alkanes of at least 4 members (excludes halogenated alkanes) is 1. The molecule has 0 radical (unpaired) electrons. The highest BCUT2D eigenvalue weighted by atomic mass is 16.5. The summed E-state index contributed by atoms with van der Waals surface area (Å²) in [6.07, 6.45) is 3.69. The number of nitrogens with zero attached hydrogens (tertiary/aromatic N) is 1. The Morgan fingerprint density at radius 1 is 1.64 bits per heavy atom. The molecule has 0 aromatic carbocycles. The largest absolute Gasteiger partial charge is 0.478 e. The van der Waals surface area contributed by atoms with E-state index in [1.807, 2.05) is 0 Å². The van der Waals surface area contributed by atoms with Crippen molar-refractivity contribution < 1.29 is 4.74 Å². The first kappa shape index (κ1) is 10.5. The maximum absolute atomic E-state index is 7.24. The molecule has 0 atom stereocenters. The van der Waals surface area contributed by atoms with Crippen molar-refractivity contribution in [1.82, 2.24) is 4.98 Å². The van der Waals surface area contributed by atoms with Crippen LogP contribution in [0, 0.1) is 5.41 Å². The Hall–Kier alpha value is -1.58. The Balaban J connectivity index is 2.59. The van der Waals surface area contributed by atoms with Gasteiger partial charge in [-0.3, -0.25) is 5.41 Å². The number of hydrogen-bond donors (Lipinski definition) is 2. The van der Waals surface area contributed by atoms with Gasteiger partial charge in [-0.05, 0) is 12.5 Å². The smallest absolute Gasteiger partial charge is 0.213 e. The number of rotatable bonds is 5. The first-order chi connectivity index (χ1) is 6.74. The van der Waals surface area contributed by atoms with E-state index in [0.717, 1.165) is 12.8 Å². The maximum atomic E-state index is 7.24. The van der Waals surface area contributed by atoms with Crippen LogP contribution in [0.25, 0.3) is 0 Å². The molecule has 0 fully saturated rings. The van der Waals surface area contributed by atoms with Gasteiger partial charge in [0.05, 0.1) is 6.61 Å². The summed E-state index contributed by atoms with van der Waals surface area (Å²) in [6, 6.07) is 3.37. The van der Waals surface area contributed by atoms with E-state index in [2.05, 4.69) is 11.9 Å². The SMILES string of the molecule is CCCCOc1cc(C(=N)N)ccn1. The van der Waals surface area contributed by atoms with Gasteiger partial charge >= 0.3 is 0 Å². The van der Waals surface area contributed by atoms with Crippen molar-refractivity contribution in [3.8, 4) is 5.88 Å². The summed E-state index contributed by atoms with van der Waals surface area (Å²) in [5, 5.41) is 7.24. The average Bonchev–Trinajstić information content (AvgIpc) is 2.19. The molecule has 4 nitrogen and oxygen atoms in total. The normalized spacial score (nSPS) is 9.79. The van der Waals surface area contributed by atoms with Crippen LogP contribution in [0.3, 0.4) is 0 Å². The molecule has 0 aliphatic carbocycles. The van der Waals surface area contributed by atoms with Gasteiger partial charge in [-0.25, -0.2) is 4.98 Å². The van der Waals surface area contributed by atoms with Crippen LogP contribution in [0.4, 0.5) is 0 Å². The van der Waals surface area contributed by atoms with Gasteiger partial charge in [-0.1, -0.05) is 13.3 Å². The second kappa shape index (κ2) is 5.21. The molecule has 14 heavy (non-hydrogen) atoms. The summed E-state index contributed by atoms with van der Waals surface area (Å²) < 4.78 is 5.37. The topological polar surface area (TPSA) is 72.0 Å². The Bertz CT molecular complexity index is 312. The predicted molar refractivity (Wildman–Crippen MR) is 55.7 cm³/mol. The highest BCUT2D eigenvalue weighted by molar-refractivity contribution is 5.95. The monoisotopic (exact) mass is 193 g/mol. The third-order valence-electron chi connectivity index (χ3n) is 1.79. The van der Waals surface area contributed by atoms with Crippen LogP contribution < -0.4 is 10.5 Å². The van der Waals surface area contributed by atoms with Gasteiger partial charge in [-0.2, -0.15) is 0 Å². The number of nitrogens with two attached hydrogens (primary N) is 1. The highest BCUT2D eigenvalue weighted by Gasteiger charge is 1.99. The van der Waals surface area contributed by atoms with Crippen molar-refractivity contribution >= 4 is 5.84 Å². The summed E-state index contributed by atoms with van der Waals surface area (Å²) in [5.74, 6) is 0.568. The van der Waals surface area contributed by atoms with Gasteiger partial charge in [0.15, 0.2) is 0 Å². The van der Waals surface area contributed by atoms with E-state index in [4.69, 9.17) is 15.9 Å². The summed E-state index contributed by atoms with van der Waals surface area (Å²) >= 11 is 0. The van der Waals surface area contributed by atoms with Crippen LogP contribution in [0.2, 0.25) is 0 Å². The summed E-state index contributed by atoms with van der Waals surface area (Å²) in [4.78, 5) is 4.02. The summed E-state index contributed by atoms with van der Waals surface area (Å²) in [6.45, 7) is 2.76. The molecule has 0 unspecified atom stereocenters. The standard InChI is InChI=1S/C10H15N3O/c1-2-3-6-14-9-7-8(10(11)12)4-5-13-9/h4-5,7H,2-3,6H2,1H3,(H3,11,12). The van der Waals surface area contributed by atoms with E-state index in [9.17, 15) is 0 Å². The number of nitrogen functional groups attached to an aromatic ring is 1. The van der Waals surface area contributed by atoms with E-state index < -0.39 is 0 Å². The molecule has 1 aromatic rings. The Labute approximate surface area is 83.6 Å². The molecule has 76 valence electrons. The minimum Gasteiger partial charge on any atom is -0.478 e. The van der Waals surface area contributed by atoms with Crippen molar-refractivity contribution in [3.05, 3.63) is 23.9 Å². The molecule has 0 aliphatic heterocycles. The van der Waals surface area contributed by atoms with E-state index in [1.165, 1.54) is 0 Å². The predicted octanol–water partition coefficient (Wildman–Crippen LogP) is 1.54. The molecule has 1 heterocycles. The fraction of sp³-hybridized carbons (Fsp3) is 0.400. The van der Waals surface area contributed by atoms with Crippen molar-refractivity contribution in [2.75, 3.05) is 6.61 Å². The van der Waals surface area contributed by atoms with Crippen LogP contribution in [0.15, 0.2) is 18.3 Å². The Kier molecular flexibility index (Phi) is 3.91. The van der Waals surface area contributed by atoms with Gasteiger partial charge < -0.3 is 10.5 Å². The molecule has 0 aliphatic rings. The van der Waals surface area contributed by atoms with Crippen LogP contribution in [0.5, 0.6) is 5.88 Å². The minimum atomic E-state index is 0.0349. The second-order valence-corrected chi connectivity index (χ2v) is 3.00. The van der Waals surface area contributed by atoms with Crippen LogP contribution in [0.1, 0.15) is 25.3 Å².